The van der Waals surface area contributed by atoms with Crippen LogP contribution in [0.5, 0.6) is 0 Å². The molecule has 0 saturated carbocycles. The van der Waals surface area contributed by atoms with Crippen molar-refractivity contribution in [3.8, 4) is 0 Å². The topological polar surface area (TPSA) is 313 Å². The van der Waals surface area contributed by atoms with Gasteiger partial charge in [-0.25, -0.2) is 0 Å². The van der Waals surface area contributed by atoms with Crippen LogP contribution in [-0.4, -0.2) is 119 Å². The van der Waals surface area contributed by atoms with Gasteiger partial charge in [0, 0.05) is 0 Å². The minimum atomic E-state index is -1.20. The summed E-state index contributed by atoms with van der Waals surface area (Å²) in [6.07, 6.45) is 2.68. The quantitative estimate of drug-likeness (QED) is 0.0418. The van der Waals surface area contributed by atoms with Crippen LogP contribution in [-0.2, 0) is 38.4 Å². The lowest BCUT2D eigenvalue weighted by Gasteiger charge is -2.20. The number of primary amides is 1. The summed E-state index contributed by atoms with van der Waals surface area (Å²) < 4.78 is 0. The van der Waals surface area contributed by atoms with E-state index in [0.29, 0.717) is 45.2 Å². The van der Waals surface area contributed by atoms with E-state index in [1.165, 1.54) is 27.7 Å². The molecule has 0 heterocycles. The van der Waals surface area contributed by atoms with Crippen molar-refractivity contribution < 1.29 is 48.6 Å². The summed E-state index contributed by atoms with van der Waals surface area (Å²) in [5.41, 5.74) is 11.5. The van der Waals surface area contributed by atoms with E-state index >= 15 is 0 Å². The molecule has 0 rings (SSSR count). The van der Waals surface area contributed by atoms with Gasteiger partial charge in [-0.15, -0.1) is 0 Å². The van der Waals surface area contributed by atoms with Gasteiger partial charge < -0.3 is 58.9 Å². The number of carbonyl (C=O) groups is 8. The van der Waals surface area contributed by atoms with Crippen molar-refractivity contribution in [1.82, 2.24) is 37.2 Å². The van der Waals surface area contributed by atoms with Gasteiger partial charge >= 0.3 is 11.9 Å². The van der Waals surface area contributed by atoms with E-state index < -0.39 is 95.7 Å². The molecule has 0 bridgehead atoms. The van der Waals surface area contributed by atoms with Crippen LogP contribution in [0.4, 0.5) is 0 Å². The molecule has 19 nitrogen and oxygen atoms in total. The van der Waals surface area contributed by atoms with Crippen LogP contribution in [0.2, 0.25) is 0 Å². The minimum absolute atomic E-state index is 0.248. The molecule has 0 radical (unpaired) electrons. The van der Waals surface area contributed by atoms with Gasteiger partial charge in [-0.3, -0.25) is 38.4 Å². The molecule has 8 atom stereocenters. The van der Waals surface area contributed by atoms with Crippen molar-refractivity contribution >= 4 is 47.4 Å². The van der Waals surface area contributed by atoms with Gasteiger partial charge in [0.1, 0.15) is 30.2 Å². The van der Waals surface area contributed by atoms with E-state index in [0.717, 1.165) is 0 Å². The molecule has 0 saturated heterocycles. The molecule has 0 spiro atoms. The van der Waals surface area contributed by atoms with E-state index in [9.17, 15) is 38.4 Å². The lowest BCUT2D eigenvalue weighted by atomic mass is 10.1. The summed E-state index contributed by atoms with van der Waals surface area (Å²) in [5.74, 6) is -5.82. The van der Waals surface area contributed by atoms with Crippen LogP contribution >= 0.6 is 0 Å². The second-order valence-electron chi connectivity index (χ2n) is 12.0. The maximum atomic E-state index is 12.6. The average Bonchev–Trinajstić information content (AvgIpc) is 3.02. The Balaban J connectivity index is 4.39. The Morgan fingerprint density at radius 2 is 0.837 bits per heavy atom. The number of carbonyl (C=O) groups excluding carboxylic acids is 6. The van der Waals surface area contributed by atoms with Crippen LogP contribution < -0.4 is 48.7 Å². The number of carboxylic acids is 2. The van der Waals surface area contributed by atoms with Crippen molar-refractivity contribution in [3.05, 3.63) is 0 Å². The molecule has 13 N–H and O–H groups in total. The predicted octanol–water partition coefficient (Wildman–Crippen LogP) is -3.23. The monoisotopic (exact) mass is 701 g/mol. The predicted molar refractivity (Wildman–Crippen MR) is 177 cm³/mol. The SMILES string of the molecule is C[C@H](NC(=O)[C@H](C)NC(=O)[C@H](C)NCCCC[C@H](NC(=O)[C@@H](N)CCCCN[C@@H](C)C(=O)N[C@@H](C)C(=O)N[C@@H](C)C(=O)O)C(N)=O)C(=O)O. The molecule has 0 aromatic heterocycles. The first-order valence-electron chi connectivity index (χ1n) is 16.3. The van der Waals surface area contributed by atoms with Crippen LogP contribution in [0, 0.1) is 0 Å². The molecule has 0 unspecified atom stereocenters. The average molecular weight is 702 g/mol. The largest absolute Gasteiger partial charge is 0.480 e. The summed E-state index contributed by atoms with van der Waals surface area (Å²) in [4.78, 5) is 95.0. The van der Waals surface area contributed by atoms with Crippen molar-refractivity contribution in [2.45, 2.75) is 128 Å². The van der Waals surface area contributed by atoms with Gasteiger partial charge in [0.05, 0.1) is 18.1 Å². The van der Waals surface area contributed by atoms with Crippen molar-refractivity contribution in [3.63, 3.8) is 0 Å². The number of unbranched alkanes of at least 4 members (excludes halogenated alkanes) is 2. The van der Waals surface area contributed by atoms with Crippen molar-refractivity contribution in [1.29, 1.82) is 0 Å². The lowest BCUT2D eigenvalue weighted by molar-refractivity contribution is -0.142. The van der Waals surface area contributed by atoms with E-state index in [4.69, 9.17) is 21.7 Å². The third-order valence-corrected chi connectivity index (χ3v) is 7.51. The molecule has 0 aliphatic rings. The van der Waals surface area contributed by atoms with Crippen LogP contribution in [0.25, 0.3) is 0 Å². The molecule has 0 aliphatic carbocycles. The molecule has 19 heteroatoms. The van der Waals surface area contributed by atoms with Crippen molar-refractivity contribution in [2.24, 2.45) is 11.5 Å². The van der Waals surface area contributed by atoms with E-state index in [2.05, 4.69) is 37.2 Å². The molecule has 280 valence electrons. The third-order valence-electron chi connectivity index (χ3n) is 7.51. The summed E-state index contributed by atoms with van der Waals surface area (Å²) >= 11 is 0. The summed E-state index contributed by atoms with van der Waals surface area (Å²) in [6.45, 7) is 9.49. The molecule has 49 heavy (non-hydrogen) atoms. The highest BCUT2D eigenvalue weighted by Crippen LogP contribution is 2.04. The number of rotatable bonds is 25. The van der Waals surface area contributed by atoms with Crippen molar-refractivity contribution in [2.75, 3.05) is 13.1 Å². The zero-order valence-electron chi connectivity index (χ0n) is 29.1. The first-order chi connectivity index (χ1) is 22.8. The van der Waals surface area contributed by atoms with Crippen LogP contribution in [0.3, 0.4) is 0 Å². The van der Waals surface area contributed by atoms with Gasteiger partial charge in [0.15, 0.2) is 0 Å². The Bertz CT molecular complexity index is 1160. The maximum absolute atomic E-state index is 12.6. The van der Waals surface area contributed by atoms with Crippen LogP contribution in [0.1, 0.15) is 80.1 Å². The van der Waals surface area contributed by atoms with Gasteiger partial charge in [-0.05, 0) is 86.7 Å². The zero-order valence-corrected chi connectivity index (χ0v) is 29.1. The summed E-state index contributed by atoms with van der Waals surface area (Å²) in [7, 11) is 0. The smallest absolute Gasteiger partial charge is 0.325 e. The molecule has 0 fully saturated rings. The second-order valence-corrected chi connectivity index (χ2v) is 12.0. The summed E-state index contributed by atoms with van der Waals surface area (Å²) in [5, 5.41) is 35.9. The highest BCUT2D eigenvalue weighted by atomic mass is 16.4. The Morgan fingerprint density at radius 3 is 1.20 bits per heavy atom. The van der Waals surface area contributed by atoms with E-state index in [1.807, 2.05) is 0 Å². The third kappa shape index (κ3) is 18.7. The maximum Gasteiger partial charge on any atom is 0.325 e. The summed E-state index contributed by atoms with van der Waals surface area (Å²) in [6, 6.07) is -7.22. The zero-order chi connectivity index (χ0) is 37.8. The number of carboxylic acid groups (broad SMARTS) is 2. The van der Waals surface area contributed by atoms with Gasteiger partial charge in [0.25, 0.3) is 0 Å². The number of amides is 6. The van der Waals surface area contributed by atoms with Gasteiger partial charge in [0.2, 0.25) is 35.4 Å². The number of aliphatic carboxylic acids is 2. The lowest BCUT2D eigenvalue weighted by Crippen LogP contribution is -2.53. The van der Waals surface area contributed by atoms with Gasteiger partial charge in [-0.1, -0.05) is 6.42 Å². The van der Waals surface area contributed by atoms with Gasteiger partial charge in [-0.2, -0.15) is 0 Å². The fourth-order valence-electron chi connectivity index (χ4n) is 4.09. The second kappa shape index (κ2) is 23.1. The normalized spacial score (nSPS) is 15.9. The number of nitrogens with two attached hydrogens (primary N) is 2. The molecule has 0 aliphatic heterocycles. The molecular formula is C30H55N9O10. The number of hydrogen-bond donors (Lipinski definition) is 11. The molecule has 0 aromatic carbocycles. The fourth-order valence-corrected chi connectivity index (χ4v) is 4.09. The Kier molecular flexibility index (Phi) is 21.0. The fraction of sp³-hybridized carbons (Fsp3) is 0.733. The Hall–Kier alpha value is -4.36. The molecule has 6 amide bonds. The molecule has 0 aromatic rings. The highest BCUT2D eigenvalue weighted by molar-refractivity contribution is 5.92. The minimum Gasteiger partial charge on any atom is -0.480 e. The highest BCUT2D eigenvalue weighted by Gasteiger charge is 2.25. The Morgan fingerprint density at radius 1 is 0.490 bits per heavy atom. The molecular weight excluding hydrogens is 646 g/mol. The standard InChI is InChI=1S/C30H55N9O10/c1-15(24(41)35-17(3)26(43)37-19(5)29(46)47)33-13-9-7-11-21(31)28(45)39-22(23(32)40)12-8-10-14-34-16(2)25(42)36-18(4)27(44)38-20(6)30(48)49/h15-22,33-34H,7-14,31H2,1-6H3,(H2,32,40)(H,35,41)(H,36,42)(H,37,43)(H,38,44)(H,39,45)(H,46,47)(H,48,49)/t15-,16-,17-,18-,19-,20-,21-,22-/m0/s1. The van der Waals surface area contributed by atoms with E-state index in [1.54, 1.807) is 13.8 Å². The first kappa shape index (κ1) is 44.6. The Labute approximate surface area is 286 Å². The van der Waals surface area contributed by atoms with Crippen LogP contribution in [0.15, 0.2) is 0 Å². The van der Waals surface area contributed by atoms with E-state index in [-0.39, 0.29) is 6.42 Å². The number of hydrogen-bond acceptors (Lipinski definition) is 11. The number of nitrogens with one attached hydrogen (secondary N) is 7. The first-order valence-corrected chi connectivity index (χ1v) is 16.3.